The van der Waals surface area contributed by atoms with E-state index < -0.39 is 0 Å². The van der Waals surface area contributed by atoms with Crippen molar-refractivity contribution >= 4 is 5.91 Å². The van der Waals surface area contributed by atoms with Gasteiger partial charge in [-0.15, -0.1) is 0 Å². The molecular formula is C15H19N3O3. The first kappa shape index (κ1) is 13.9. The molecule has 1 aliphatic heterocycles. The number of hydrogen-bond donors (Lipinski definition) is 0. The third kappa shape index (κ3) is 2.58. The summed E-state index contributed by atoms with van der Waals surface area (Å²) >= 11 is 0. The highest BCUT2D eigenvalue weighted by Gasteiger charge is 2.32. The third-order valence-corrected chi connectivity index (χ3v) is 3.80. The molecule has 6 heteroatoms. The molecular weight excluding hydrogens is 270 g/mol. The Kier molecular flexibility index (Phi) is 3.79. The highest BCUT2D eigenvalue weighted by molar-refractivity contribution is 5.91. The molecule has 0 saturated carbocycles. The fourth-order valence-corrected chi connectivity index (χ4v) is 2.87. The molecule has 0 bridgehead atoms. The molecule has 0 radical (unpaired) electrons. The van der Waals surface area contributed by atoms with Crippen LogP contribution in [0.25, 0.3) is 0 Å². The van der Waals surface area contributed by atoms with Gasteiger partial charge in [-0.1, -0.05) is 0 Å². The van der Waals surface area contributed by atoms with Crippen molar-refractivity contribution in [1.82, 2.24) is 14.7 Å². The Morgan fingerprint density at radius 2 is 2.43 bits per heavy atom. The van der Waals surface area contributed by atoms with E-state index in [9.17, 15) is 4.79 Å². The average Bonchev–Trinajstić information content (AvgIpc) is 3.14. The van der Waals surface area contributed by atoms with Crippen LogP contribution in [0.15, 0.2) is 29.0 Å². The zero-order chi connectivity index (χ0) is 14.8. The summed E-state index contributed by atoms with van der Waals surface area (Å²) in [7, 11) is 1.93. The van der Waals surface area contributed by atoms with Crippen LogP contribution in [0.5, 0.6) is 0 Å². The molecule has 0 N–H and O–H groups in total. The summed E-state index contributed by atoms with van der Waals surface area (Å²) in [5.41, 5.74) is 2.24. The summed E-state index contributed by atoms with van der Waals surface area (Å²) in [5, 5.41) is 4.31. The minimum absolute atomic E-state index is 0.0870. The molecule has 2 aromatic heterocycles. The fraction of sp³-hybridized carbons (Fsp3) is 0.467. The average molecular weight is 289 g/mol. The monoisotopic (exact) mass is 289 g/mol. The summed E-state index contributed by atoms with van der Waals surface area (Å²) in [5.74, 6) is 0.425. The number of hydrogen-bond acceptors (Lipinski definition) is 4. The Morgan fingerprint density at radius 3 is 3.14 bits per heavy atom. The van der Waals surface area contributed by atoms with E-state index in [0.717, 1.165) is 11.3 Å². The number of furan rings is 1. The number of ether oxygens (including phenoxy) is 1. The first-order chi connectivity index (χ1) is 10.2. The SMILES string of the molecule is CCOC[C@@H]1CN(C(=O)c2ccco2)Cc2cnn(C)c21. The maximum Gasteiger partial charge on any atom is 0.289 e. The van der Waals surface area contributed by atoms with Crippen molar-refractivity contribution < 1.29 is 13.9 Å². The first-order valence-corrected chi connectivity index (χ1v) is 7.12. The molecule has 6 nitrogen and oxygen atoms in total. The Labute approximate surface area is 123 Å². The van der Waals surface area contributed by atoms with E-state index in [4.69, 9.17) is 9.15 Å². The van der Waals surface area contributed by atoms with Crippen LogP contribution in [-0.4, -0.2) is 40.3 Å². The summed E-state index contributed by atoms with van der Waals surface area (Å²) in [6.07, 6.45) is 3.35. The second kappa shape index (κ2) is 5.73. The molecule has 0 aromatic carbocycles. The Morgan fingerprint density at radius 1 is 1.57 bits per heavy atom. The molecule has 3 rings (SSSR count). The number of carbonyl (C=O) groups is 1. The molecule has 3 heterocycles. The summed E-state index contributed by atoms with van der Waals surface area (Å²) in [6.45, 7) is 4.40. The predicted octanol–water partition coefficient (Wildman–Crippen LogP) is 1.79. The number of nitrogens with zero attached hydrogens (tertiary/aromatic N) is 3. The van der Waals surface area contributed by atoms with Gasteiger partial charge in [0, 0.05) is 38.2 Å². The number of aryl methyl sites for hydroxylation is 1. The summed E-state index contributed by atoms with van der Waals surface area (Å²) in [4.78, 5) is 14.3. The van der Waals surface area contributed by atoms with Gasteiger partial charge in [-0.05, 0) is 19.1 Å². The number of rotatable bonds is 4. The second-order valence-corrected chi connectivity index (χ2v) is 5.20. The molecule has 2 aromatic rings. The van der Waals surface area contributed by atoms with Crippen molar-refractivity contribution in [2.75, 3.05) is 19.8 Å². The fourth-order valence-electron chi connectivity index (χ4n) is 2.87. The Hall–Kier alpha value is -2.08. The van der Waals surface area contributed by atoms with Gasteiger partial charge in [0.2, 0.25) is 0 Å². The maximum absolute atomic E-state index is 12.5. The Balaban J connectivity index is 1.85. The predicted molar refractivity (Wildman–Crippen MR) is 75.9 cm³/mol. The smallest absolute Gasteiger partial charge is 0.289 e. The molecule has 1 amide bonds. The van der Waals surface area contributed by atoms with Crippen LogP contribution in [0.4, 0.5) is 0 Å². The molecule has 0 saturated heterocycles. The van der Waals surface area contributed by atoms with Gasteiger partial charge in [0.05, 0.1) is 24.8 Å². The lowest BCUT2D eigenvalue weighted by Gasteiger charge is -2.32. The molecule has 112 valence electrons. The molecule has 1 aliphatic rings. The van der Waals surface area contributed by atoms with Crippen LogP contribution >= 0.6 is 0 Å². The van der Waals surface area contributed by atoms with Gasteiger partial charge < -0.3 is 14.1 Å². The number of amides is 1. The van der Waals surface area contributed by atoms with Gasteiger partial charge in [-0.25, -0.2) is 0 Å². The largest absolute Gasteiger partial charge is 0.459 e. The quantitative estimate of drug-likeness (QED) is 0.861. The molecule has 0 unspecified atom stereocenters. The maximum atomic E-state index is 12.5. The van der Waals surface area contributed by atoms with E-state index in [1.807, 2.05) is 24.9 Å². The summed E-state index contributed by atoms with van der Waals surface area (Å²) in [6, 6.07) is 3.42. The van der Waals surface area contributed by atoms with Gasteiger partial charge in [0.1, 0.15) is 0 Å². The Bertz CT molecular complexity index is 618. The van der Waals surface area contributed by atoms with E-state index in [0.29, 0.717) is 32.1 Å². The second-order valence-electron chi connectivity index (χ2n) is 5.20. The van der Waals surface area contributed by atoms with Crippen molar-refractivity contribution in [3.8, 4) is 0 Å². The summed E-state index contributed by atoms with van der Waals surface area (Å²) < 4.78 is 12.7. The van der Waals surface area contributed by atoms with Crippen molar-refractivity contribution in [3.63, 3.8) is 0 Å². The molecule has 21 heavy (non-hydrogen) atoms. The molecule has 0 aliphatic carbocycles. The van der Waals surface area contributed by atoms with Gasteiger partial charge in [-0.3, -0.25) is 9.48 Å². The number of aromatic nitrogens is 2. The van der Waals surface area contributed by atoms with Crippen LogP contribution in [0.1, 0.15) is 34.7 Å². The number of carbonyl (C=O) groups excluding carboxylic acids is 1. The van der Waals surface area contributed by atoms with E-state index in [2.05, 4.69) is 5.10 Å². The van der Waals surface area contributed by atoms with E-state index in [1.165, 1.54) is 6.26 Å². The molecule has 0 spiro atoms. The van der Waals surface area contributed by atoms with Gasteiger partial charge in [0.15, 0.2) is 5.76 Å². The van der Waals surface area contributed by atoms with E-state index in [-0.39, 0.29) is 11.8 Å². The minimum Gasteiger partial charge on any atom is -0.459 e. The first-order valence-electron chi connectivity index (χ1n) is 7.12. The minimum atomic E-state index is -0.0870. The number of fused-ring (bicyclic) bond motifs is 1. The van der Waals surface area contributed by atoms with Crippen LogP contribution in [-0.2, 0) is 18.3 Å². The van der Waals surface area contributed by atoms with Crippen LogP contribution in [0, 0.1) is 0 Å². The van der Waals surface area contributed by atoms with Crippen molar-refractivity contribution in [2.24, 2.45) is 7.05 Å². The lowest BCUT2D eigenvalue weighted by atomic mass is 9.96. The van der Waals surface area contributed by atoms with Gasteiger partial charge >= 0.3 is 0 Å². The van der Waals surface area contributed by atoms with Crippen LogP contribution in [0.2, 0.25) is 0 Å². The third-order valence-electron chi connectivity index (χ3n) is 3.80. The highest BCUT2D eigenvalue weighted by atomic mass is 16.5. The van der Waals surface area contributed by atoms with Crippen LogP contribution < -0.4 is 0 Å². The van der Waals surface area contributed by atoms with Gasteiger partial charge in [0.25, 0.3) is 5.91 Å². The van der Waals surface area contributed by atoms with E-state index >= 15 is 0 Å². The lowest BCUT2D eigenvalue weighted by Crippen LogP contribution is -2.39. The van der Waals surface area contributed by atoms with E-state index in [1.54, 1.807) is 17.0 Å². The van der Waals surface area contributed by atoms with Crippen molar-refractivity contribution in [3.05, 3.63) is 41.6 Å². The standard InChI is InChI=1S/C15H19N3O3/c1-3-20-10-12-9-18(15(19)13-5-4-6-21-13)8-11-7-16-17(2)14(11)12/h4-7,12H,3,8-10H2,1-2H3/t12-/m0/s1. The lowest BCUT2D eigenvalue weighted by molar-refractivity contribution is 0.0619. The van der Waals surface area contributed by atoms with Gasteiger partial charge in [-0.2, -0.15) is 5.10 Å². The zero-order valence-corrected chi connectivity index (χ0v) is 12.3. The molecule has 0 fully saturated rings. The zero-order valence-electron chi connectivity index (χ0n) is 12.3. The van der Waals surface area contributed by atoms with Crippen molar-refractivity contribution in [2.45, 2.75) is 19.4 Å². The van der Waals surface area contributed by atoms with Crippen molar-refractivity contribution in [1.29, 1.82) is 0 Å². The van der Waals surface area contributed by atoms with Crippen LogP contribution in [0.3, 0.4) is 0 Å². The normalized spacial score (nSPS) is 17.8. The topological polar surface area (TPSA) is 60.5 Å². The highest BCUT2D eigenvalue weighted by Crippen LogP contribution is 2.29. The molecule has 1 atom stereocenters.